The van der Waals surface area contributed by atoms with Gasteiger partial charge in [-0.15, -0.1) is 0 Å². The molecule has 1 fully saturated rings. The molecular formula is C12H24N2O2. The summed E-state index contributed by atoms with van der Waals surface area (Å²) in [5.74, 6) is 0. The van der Waals surface area contributed by atoms with Crippen LogP contribution in [0.15, 0.2) is 12.2 Å². The standard InChI is InChI=1S/C12H24N2O2/c1-11(9-13-2)10-14-5-3-12(4-6-14)16-8-7-15/h12-13,15H,1,3-10H2,2H3. The van der Waals surface area contributed by atoms with Gasteiger partial charge in [0.25, 0.3) is 0 Å². The molecule has 94 valence electrons. The zero-order valence-electron chi connectivity index (χ0n) is 10.2. The summed E-state index contributed by atoms with van der Waals surface area (Å²) in [6.45, 7) is 8.64. The third kappa shape index (κ3) is 5.07. The molecule has 2 N–H and O–H groups in total. The number of nitrogens with one attached hydrogen (secondary N) is 1. The molecule has 1 saturated heterocycles. The molecule has 4 nitrogen and oxygen atoms in total. The molecular weight excluding hydrogens is 204 g/mol. The highest BCUT2D eigenvalue weighted by Crippen LogP contribution is 2.14. The molecule has 4 heteroatoms. The Morgan fingerprint density at radius 2 is 2.19 bits per heavy atom. The summed E-state index contributed by atoms with van der Waals surface area (Å²) in [6, 6.07) is 0. The van der Waals surface area contributed by atoms with Crippen molar-refractivity contribution >= 4 is 0 Å². The molecule has 1 rings (SSSR count). The molecule has 0 aliphatic carbocycles. The van der Waals surface area contributed by atoms with Crippen LogP contribution >= 0.6 is 0 Å². The largest absolute Gasteiger partial charge is 0.394 e. The third-order valence-electron chi connectivity index (χ3n) is 2.85. The number of piperidine rings is 1. The van der Waals surface area contributed by atoms with Crippen LogP contribution in [0.2, 0.25) is 0 Å². The summed E-state index contributed by atoms with van der Waals surface area (Å²) in [4.78, 5) is 2.42. The molecule has 0 aromatic rings. The van der Waals surface area contributed by atoms with Gasteiger partial charge in [0.15, 0.2) is 0 Å². The molecule has 0 spiro atoms. The van der Waals surface area contributed by atoms with Crippen molar-refractivity contribution < 1.29 is 9.84 Å². The summed E-state index contributed by atoms with van der Waals surface area (Å²) < 4.78 is 5.52. The lowest BCUT2D eigenvalue weighted by Gasteiger charge is -2.32. The highest BCUT2D eigenvalue weighted by Gasteiger charge is 2.19. The number of hydrogen-bond acceptors (Lipinski definition) is 4. The van der Waals surface area contributed by atoms with Gasteiger partial charge in [-0.2, -0.15) is 0 Å². The van der Waals surface area contributed by atoms with E-state index in [4.69, 9.17) is 9.84 Å². The fraction of sp³-hybridized carbons (Fsp3) is 0.833. The molecule has 0 unspecified atom stereocenters. The van der Waals surface area contributed by atoms with E-state index in [-0.39, 0.29) is 6.61 Å². The van der Waals surface area contributed by atoms with Gasteiger partial charge in [-0.3, -0.25) is 4.90 Å². The number of nitrogens with zero attached hydrogens (tertiary/aromatic N) is 1. The Bertz CT molecular complexity index is 201. The molecule has 0 aromatic heterocycles. The van der Waals surface area contributed by atoms with Crippen LogP contribution in [-0.2, 0) is 4.74 Å². The first kappa shape index (κ1) is 13.6. The van der Waals surface area contributed by atoms with Crippen LogP contribution in [0.5, 0.6) is 0 Å². The Morgan fingerprint density at radius 1 is 1.50 bits per heavy atom. The topological polar surface area (TPSA) is 44.7 Å². The van der Waals surface area contributed by atoms with Crippen molar-refractivity contribution in [1.29, 1.82) is 0 Å². The molecule has 1 heterocycles. The summed E-state index contributed by atoms with van der Waals surface area (Å²) in [6.07, 6.45) is 2.46. The van der Waals surface area contributed by atoms with Crippen molar-refractivity contribution in [3.05, 3.63) is 12.2 Å². The Morgan fingerprint density at radius 3 is 2.75 bits per heavy atom. The SMILES string of the molecule is C=C(CNC)CN1CCC(OCCO)CC1. The fourth-order valence-corrected chi connectivity index (χ4v) is 2.08. The summed E-state index contributed by atoms with van der Waals surface area (Å²) in [5, 5.41) is 11.8. The van der Waals surface area contributed by atoms with E-state index < -0.39 is 0 Å². The minimum absolute atomic E-state index is 0.124. The van der Waals surface area contributed by atoms with Crippen molar-refractivity contribution in [2.24, 2.45) is 0 Å². The zero-order valence-corrected chi connectivity index (χ0v) is 10.2. The van der Waals surface area contributed by atoms with Crippen molar-refractivity contribution in [3.63, 3.8) is 0 Å². The predicted octanol–water partition coefficient (Wildman–Crippen LogP) is 0.235. The number of aliphatic hydroxyl groups excluding tert-OH is 1. The number of likely N-dealkylation sites (tertiary alicyclic amines) is 1. The highest BCUT2D eigenvalue weighted by atomic mass is 16.5. The number of hydrogen-bond donors (Lipinski definition) is 2. The molecule has 1 aliphatic rings. The maximum absolute atomic E-state index is 8.67. The zero-order chi connectivity index (χ0) is 11.8. The number of rotatable bonds is 7. The van der Waals surface area contributed by atoms with Crippen LogP contribution in [0.3, 0.4) is 0 Å². The number of aliphatic hydroxyl groups is 1. The van der Waals surface area contributed by atoms with E-state index in [1.807, 2.05) is 7.05 Å². The average molecular weight is 228 g/mol. The van der Waals surface area contributed by atoms with Crippen molar-refractivity contribution in [2.45, 2.75) is 18.9 Å². The molecule has 0 atom stereocenters. The quantitative estimate of drug-likeness (QED) is 0.613. The second-order valence-electron chi connectivity index (χ2n) is 4.35. The Kier molecular flexibility index (Phi) is 6.64. The first-order valence-electron chi connectivity index (χ1n) is 6.02. The molecule has 0 saturated carbocycles. The summed E-state index contributed by atoms with van der Waals surface area (Å²) in [5.41, 5.74) is 1.23. The molecule has 0 bridgehead atoms. The molecule has 0 aromatic carbocycles. The second-order valence-corrected chi connectivity index (χ2v) is 4.35. The van der Waals surface area contributed by atoms with Crippen LogP contribution in [0.25, 0.3) is 0 Å². The Balaban J connectivity index is 2.14. The van der Waals surface area contributed by atoms with E-state index in [9.17, 15) is 0 Å². The van der Waals surface area contributed by atoms with E-state index >= 15 is 0 Å². The lowest BCUT2D eigenvalue weighted by molar-refractivity contribution is -0.00630. The second kappa shape index (κ2) is 7.79. The van der Waals surface area contributed by atoms with E-state index in [2.05, 4.69) is 16.8 Å². The smallest absolute Gasteiger partial charge is 0.0701 e. The third-order valence-corrected chi connectivity index (χ3v) is 2.85. The maximum Gasteiger partial charge on any atom is 0.0701 e. The molecule has 0 radical (unpaired) electrons. The van der Waals surface area contributed by atoms with Crippen molar-refractivity contribution in [3.8, 4) is 0 Å². The van der Waals surface area contributed by atoms with Crippen molar-refractivity contribution in [2.75, 3.05) is 46.4 Å². The summed E-state index contributed by atoms with van der Waals surface area (Å²) in [7, 11) is 1.94. The van der Waals surface area contributed by atoms with Gasteiger partial charge in [-0.25, -0.2) is 0 Å². The van der Waals surface area contributed by atoms with Gasteiger partial charge < -0.3 is 15.2 Å². The summed E-state index contributed by atoms with van der Waals surface area (Å²) >= 11 is 0. The number of likely N-dealkylation sites (N-methyl/N-ethyl adjacent to an activating group) is 1. The van der Waals surface area contributed by atoms with Gasteiger partial charge in [-0.05, 0) is 25.5 Å². The monoisotopic (exact) mass is 228 g/mol. The molecule has 0 amide bonds. The first-order valence-corrected chi connectivity index (χ1v) is 6.02. The van der Waals surface area contributed by atoms with Crippen LogP contribution in [0, 0.1) is 0 Å². The molecule has 1 aliphatic heterocycles. The van der Waals surface area contributed by atoms with Gasteiger partial charge in [-0.1, -0.05) is 6.58 Å². The average Bonchev–Trinajstić information content (AvgIpc) is 2.28. The van der Waals surface area contributed by atoms with Gasteiger partial charge >= 0.3 is 0 Å². The van der Waals surface area contributed by atoms with E-state index in [0.29, 0.717) is 12.7 Å². The van der Waals surface area contributed by atoms with E-state index in [0.717, 1.165) is 39.0 Å². The van der Waals surface area contributed by atoms with Crippen LogP contribution in [-0.4, -0.2) is 62.6 Å². The lowest BCUT2D eigenvalue weighted by atomic mass is 10.1. The van der Waals surface area contributed by atoms with Gasteiger partial charge in [0, 0.05) is 26.2 Å². The normalized spacial score (nSPS) is 18.9. The Labute approximate surface area is 98.3 Å². The molecule has 16 heavy (non-hydrogen) atoms. The van der Waals surface area contributed by atoms with Crippen LogP contribution in [0.1, 0.15) is 12.8 Å². The lowest BCUT2D eigenvalue weighted by Crippen LogP contribution is -2.39. The van der Waals surface area contributed by atoms with Crippen LogP contribution in [0.4, 0.5) is 0 Å². The Hall–Kier alpha value is -0.420. The number of ether oxygens (including phenoxy) is 1. The minimum atomic E-state index is 0.124. The predicted molar refractivity (Wildman–Crippen MR) is 65.6 cm³/mol. The van der Waals surface area contributed by atoms with E-state index in [1.165, 1.54) is 5.57 Å². The van der Waals surface area contributed by atoms with Crippen molar-refractivity contribution in [1.82, 2.24) is 10.2 Å². The first-order chi connectivity index (χ1) is 7.76. The van der Waals surface area contributed by atoms with E-state index in [1.54, 1.807) is 0 Å². The van der Waals surface area contributed by atoms with Crippen LogP contribution < -0.4 is 5.32 Å². The fourth-order valence-electron chi connectivity index (χ4n) is 2.08. The van der Waals surface area contributed by atoms with Gasteiger partial charge in [0.1, 0.15) is 0 Å². The maximum atomic E-state index is 8.67. The minimum Gasteiger partial charge on any atom is -0.394 e. The van der Waals surface area contributed by atoms with Gasteiger partial charge in [0.05, 0.1) is 19.3 Å². The highest BCUT2D eigenvalue weighted by molar-refractivity contribution is 5.00. The van der Waals surface area contributed by atoms with Gasteiger partial charge in [0.2, 0.25) is 0 Å².